The van der Waals surface area contributed by atoms with Crippen molar-refractivity contribution < 1.29 is 9.15 Å². The number of aryl methyl sites for hydroxylation is 1. The molecule has 0 amide bonds. The van der Waals surface area contributed by atoms with Crippen LogP contribution in [-0.2, 0) is 0 Å². The van der Waals surface area contributed by atoms with Gasteiger partial charge in [-0.1, -0.05) is 12.1 Å². The minimum absolute atomic E-state index is 0.0414. The maximum absolute atomic E-state index is 12.6. The van der Waals surface area contributed by atoms with Crippen LogP contribution in [0, 0.1) is 6.92 Å². The molecule has 0 saturated carbocycles. The smallest absolute Gasteiger partial charge is 0.204 e. The fraction of sp³-hybridized carbons (Fsp3) is 0.188. The van der Waals surface area contributed by atoms with Gasteiger partial charge in [0, 0.05) is 0 Å². The van der Waals surface area contributed by atoms with Crippen LogP contribution in [0.4, 0.5) is 0 Å². The molecule has 96 valence electrons. The molecule has 3 aromatic rings. The van der Waals surface area contributed by atoms with Gasteiger partial charge in [0.15, 0.2) is 0 Å². The van der Waals surface area contributed by atoms with Crippen LogP contribution in [0.1, 0.15) is 12.5 Å². The van der Waals surface area contributed by atoms with E-state index >= 15 is 0 Å². The molecule has 0 spiro atoms. The third-order valence-corrected chi connectivity index (χ3v) is 3.09. The van der Waals surface area contributed by atoms with Gasteiger partial charge in [-0.05, 0) is 43.7 Å². The molecule has 0 radical (unpaired) electrons. The number of benzene rings is 2. The van der Waals surface area contributed by atoms with Gasteiger partial charge in [0.25, 0.3) is 0 Å². The van der Waals surface area contributed by atoms with E-state index < -0.39 is 0 Å². The lowest BCUT2D eigenvalue weighted by atomic mass is 10.1. The van der Waals surface area contributed by atoms with Gasteiger partial charge in [-0.2, -0.15) is 0 Å². The van der Waals surface area contributed by atoms with E-state index in [0.29, 0.717) is 34.3 Å². The lowest BCUT2D eigenvalue weighted by molar-refractivity contribution is 0.343. The van der Waals surface area contributed by atoms with Crippen molar-refractivity contribution in [3.05, 3.63) is 52.2 Å². The number of fused-ring (bicyclic) bond motifs is 2. The first kappa shape index (κ1) is 11.8. The third kappa shape index (κ3) is 1.87. The number of ether oxygens (including phenoxy) is 1. The van der Waals surface area contributed by atoms with E-state index in [2.05, 4.69) is 0 Å². The maximum Gasteiger partial charge on any atom is 0.204 e. The van der Waals surface area contributed by atoms with Crippen LogP contribution in [0.15, 0.2) is 45.6 Å². The normalized spacial score (nSPS) is 11.1. The molecule has 0 unspecified atom stereocenters. The van der Waals surface area contributed by atoms with Crippen LogP contribution in [0.2, 0.25) is 0 Å². The van der Waals surface area contributed by atoms with Crippen LogP contribution in [0.25, 0.3) is 21.9 Å². The Labute approximate surface area is 110 Å². The molecule has 0 bridgehead atoms. The fourth-order valence-corrected chi connectivity index (χ4v) is 2.29. The Balaban J connectivity index is 2.51. The molecule has 19 heavy (non-hydrogen) atoms. The SMILES string of the molecule is CCOc1cc(C)cc2oc3ccccc3c(=O)c12. The minimum atomic E-state index is -0.0414. The second-order valence-electron chi connectivity index (χ2n) is 4.50. The lowest BCUT2D eigenvalue weighted by Crippen LogP contribution is -2.05. The molecule has 0 aliphatic heterocycles. The predicted octanol–water partition coefficient (Wildman–Crippen LogP) is 3.65. The molecule has 3 rings (SSSR count). The van der Waals surface area contributed by atoms with Crippen molar-refractivity contribution in [2.24, 2.45) is 0 Å². The second-order valence-corrected chi connectivity index (χ2v) is 4.50. The quantitative estimate of drug-likeness (QED) is 0.655. The molecule has 2 aromatic carbocycles. The van der Waals surface area contributed by atoms with Crippen molar-refractivity contribution in [1.29, 1.82) is 0 Å². The van der Waals surface area contributed by atoms with E-state index in [-0.39, 0.29) is 5.43 Å². The Morgan fingerprint density at radius 2 is 1.95 bits per heavy atom. The van der Waals surface area contributed by atoms with Crippen LogP contribution in [0.5, 0.6) is 5.75 Å². The molecular formula is C16H14O3. The molecule has 0 aliphatic rings. The molecule has 0 aliphatic carbocycles. The maximum atomic E-state index is 12.6. The summed E-state index contributed by atoms with van der Waals surface area (Å²) in [4.78, 5) is 12.6. The fourth-order valence-electron chi connectivity index (χ4n) is 2.29. The Morgan fingerprint density at radius 1 is 1.16 bits per heavy atom. The van der Waals surface area contributed by atoms with E-state index in [4.69, 9.17) is 9.15 Å². The highest BCUT2D eigenvalue weighted by atomic mass is 16.5. The van der Waals surface area contributed by atoms with Crippen LogP contribution < -0.4 is 10.2 Å². The molecule has 1 aromatic heterocycles. The third-order valence-electron chi connectivity index (χ3n) is 3.09. The van der Waals surface area contributed by atoms with Crippen molar-refractivity contribution in [2.45, 2.75) is 13.8 Å². The summed E-state index contributed by atoms with van der Waals surface area (Å²) < 4.78 is 11.4. The minimum Gasteiger partial charge on any atom is -0.493 e. The van der Waals surface area contributed by atoms with Crippen LogP contribution in [0.3, 0.4) is 0 Å². The van der Waals surface area contributed by atoms with Gasteiger partial charge in [0.2, 0.25) is 5.43 Å². The van der Waals surface area contributed by atoms with Crippen molar-refractivity contribution in [3.63, 3.8) is 0 Å². The molecule has 3 heteroatoms. The summed E-state index contributed by atoms with van der Waals surface area (Å²) in [5, 5.41) is 1.10. The lowest BCUT2D eigenvalue weighted by Gasteiger charge is -2.09. The average Bonchev–Trinajstić information content (AvgIpc) is 2.38. The topological polar surface area (TPSA) is 39.4 Å². The number of hydrogen-bond acceptors (Lipinski definition) is 3. The van der Waals surface area contributed by atoms with Crippen molar-refractivity contribution in [3.8, 4) is 5.75 Å². The Morgan fingerprint density at radius 3 is 2.74 bits per heavy atom. The zero-order chi connectivity index (χ0) is 13.4. The first-order valence-corrected chi connectivity index (χ1v) is 6.29. The van der Waals surface area contributed by atoms with Gasteiger partial charge in [-0.15, -0.1) is 0 Å². The van der Waals surface area contributed by atoms with Gasteiger partial charge in [-0.25, -0.2) is 0 Å². The molecule has 1 heterocycles. The highest BCUT2D eigenvalue weighted by Crippen LogP contribution is 2.27. The molecule has 0 fully saturated rings. The molecular weight excluding hydrogens is 240 g/mol. The summed E-state index contributed by atoms with van der Waals surface area (Å²) in [6.07, 6.45) is 0. The number of rotatable bonds is 2. The van der Waals surface area contributed by atoms with Gasteiger partial charge in [-0.3, -0.25) is 4.79 Å². The molecule has 0 N–H and O–H groups in total. The summed E-state index contributed by atoms with van der Waals surface area (Å²) in [6, 6.07) is 11.0. The standard InChI is InChI=1S/C16H14O3/c1-3-18-13-8-10(2)9-14-15(13)16(17)11-6-4-5-7-12(11)19-14/h4-9H,3H2,1-2H3. The van der Waals surface area contributed by atoms with Gasteiger partial charge < -0.3 is 9.15 Å². The summed E-state index contributed by atoms with van der Waals surface area (Å²) in [6.45, 7) is 4.37. The highest BCUT2D eigenvalue weighted by molar-refractivity contribution is 5.93. The summed E-state index contributed by atoms with van der Waals surface area (Å²) in [5.41, 5.74) is 2.15. The summed E-state index contributed by atoms with van der Waals surface area (Å²) in [7, 11) is 0. The molecule has 0 saturated heterocycles. The zero-order valence-electron chi connectivity index (χ0n) is 10.9. The van der Waals surface area contributed by atoms with Crippen molar-refractivity contribution in [1.82, 2.24) is 0 Å². The highest BCUT2D eigenvalue weighted by Gasteiger charge is 2.12. The Hall–Kier alpha value is -2.29. The van der Waals surface area contributed by atoms with Crippen molar-refractivity contribution >= 4 is 21.9 Å². The van der Waals surface area contributed by atoms with E-state index in [1.165, 1.54) is 0 Å². The molecule has 3 nitrogen and oxygen atoms in total. The van der Waals surface area contributed by atoms with Gasteiger partial charge in [0.1, 0.15) is 22.3 Å². The van der Waals surface area contributed by atoms with Gasteiger partial charge in [0.05, 0.1) is 12.0 Å². The number of para-hydroxylation sites is 1. The monoisotopic (exact) mass is 254 g/mol. The van der Waals surface area contributed by atoms with Crippen molar-refractivity contribution in [2.75, 3.05) is 6.61 Å². The average molecular weight is 254 g/mol. The van der Waals surface area contributed by atoms with Crippen LogP contribution in [-0.4, -0.2) is 6.61 Å². The van der Waals surface area contributed by atoms with Gasteiger partial charge >= 0.3 is 0 Å². The van der Waals surface area contributed by atoms with E-state index in [0.717, 1.165) is 5.56 Å². The summed E-state index contributed by atoms with van der Waals surface area (Å²) in [5.74, 6) is 0.594. The predicted molar refractivity (Wildman–Crippen MR) is 75.9 cm³/mol. The van der Waals surface area contributed by atoms with E-state index in [1.54, 1.807) is 12.1 Å². The number of hydrogen-bond donors (Lipinski definition) is 0. The van der Waals surface area contributed by atoms with E-state index in [9.17, 15) is 4.79 Å². The first-order chi connectivity index (χ1) is 9.20. The first-order valence-electron chi connectivity index (χ1n) is 6.29. The second kappa shape index (κ2) is 4.43. The largest absolute Gasteiger partial charge is 0.493 e. The van der Waals surface area contributed by atoms with E-state index in [1.807, 2.05) is 38.1 Å². The summed E-state index contributed by atoms with van der Waals surface area (Å²) >= 11 is 0. The van der Waals surface area contributed by atoms with Crippen LogP contribution >= 0.6 is 0 Å². The Bertz CT molecular complexity index is 815. The zero-order valence-corrected chi connectivity index (χ0v) is 10.9. The Kier molecular flexibility index (Phi) is 2.75. The molecule has 0 atom stereocenters.